The maximum atomic E-state index is 12.1. The first-order valence-corrected chi connectivity index (χ1v) is 9.73. The third-order valence-electron chi connectivity index (χ3n) is 3.24. The van der Waals surface area contributed by atoms with Gasteiger partial charge in [-0.15, -0.1) is 0 Å². The van der Waals surface area contributed by atoms with Crippen molar-refractivity contribution in [2.75, 3.05) is 5.75 Å². The standard InChI is InChI=1S/C17H18BrNO3S/c1-13-5-7-14(8-6-13)10-19-17(20)12-23(21,22)11-15-3-2-4-16(18)9-15/h2-9H,10-12H2,1H3,(H,19,20). The number of amides is 1. The van der Waals surface area contributed by atoms with Crippen LogP contribution in [0.1, 0.15) is 16.7 Å². The van der Waals surface area contributed by atoms with E-state index < -0.39 is 21.5 Å². The van der Waals surface area contributed by atoms with Crippen molar-refractivity contribution in [1.29, 1.82) is 0 Å². The summed E-state index contributed by atoms with van der Waals surface area (Å²) in [4.78, 5) is 11.9. The number of aryl methyl sites for hydroxylation is 1. The number of benzene rings is 2. The van der Waals surface area contributed by atoms with Crippen LogP contribution in [0.5, 0.6) is 0 Å². The van der Waals surface area contributed by atoms with Crippen molar-refractivity contribution < 1.29 is 13.2 Å². The molecule has 0 saturated carbocycles. The van der Waals surface area contributed by atoms with Crippen LogP contribution in [0.15, 0.2) is 53.0 Å². The molecule has 0 atom stereocenters. The monoisotopic (exact) mass is 395 g/mol. The van der Waals surface area contributed by atoms with Crippen LogP contribution in [0.2, 0.25) is 0 Å². The molecule has 0 saturated heterocycles. The van der Waals surface area contributed by atoms with Gasteiger partial charge in [-0.1, -0.05) is 57.9 Å². The minimum absolute atomic E-state index is 0.148. The second-order valence-electron chi connectivity index (χ2n) is 5.42. The third kappa shape index (κ3) is 6.15. The lowest BCUT2D eigenvalue weighted by Gasteiger charge is -2.07. The minimum atomic E-state index is -3.49. The third-order valence-corrected chi connectivity index (χ3v) is 5.21. The van der Waals surface area contributed by atoms with Crippen molar-refractivity contribution in [3.05, 3.63) is 69.7 Å². The van der Waals surface area contributed by atoms with Crippen molar-refractivity contribution >= 4 is 31.7 Å². The lowest BCUT2D eigenvalue weighted by Crippen LogP contribution is -2.30. The fourth-order valence-electron chi connectivity index (χ4n) is 2.09. The van der Waals surface area contributed by atoms with Crippen molar-refractivity contribution in [3.63, 3.8) is 0 Å². The predicted octanol–water partition coefficient (Wildman–Crippen LogP) is 2.99. The number of rotatable bonds is 6. The quantitative estimate of drug-likeness (QED) is 0.817. The number of hydrogen-bond acceptors (Lipinski definition) is 3. The molecule has 2 rings (SSSR count). The average molecular weight is 396 g/mol. The first-order chi connectivity index (χ1) is 10.8. The van der Waals surface area contributed by atoms with Crippen LogP contribution in [-0.2, 0) is 26.9 Å². The number of carbonyl (C=O) groups is 1. The normalized spacial score (nSPS) is 11.2. The van der Waals surface area contributed by atoms with Crippen LogP contribution in [0.3, 0.4) is 0 Å². The highest BCUT2D eigenvalue weighted by atomic mass is 79.9. The first-order valence-electron chi connectivity index (χ1n) is 7.11. The summed E-state index contributed by atoms with van der Waals surface area (Å²) in [6, 6.07) is 14.8. The largest absolute Gasteiger partial charge is 0.351 e. The number of nitrogens with one attached hydrogen (secondary N) is 1. The maximum Gasteiger partial charge on any atom is 0.235 e. The highest BCUT2D eigenvalue weighted by Gasteiger charge is 2.17. The summed E-state index contributed by atoms with van der Waals surface area (Å²) in [5, 5.41) is 2.64. The predicted molar refractivity (Wildman–Crippen MR) is 94.7 cm³/mol. The van der Waals surface area contributed by atoms with Gasteiger partial charge < -0.3 is 5.32 Å². The molecule has 1 amide bonds. The smallest absolute Gasteiger partial charge is 0.235 e. The Morgan fingerprint density at radius 1 is 1.09 bits per heavy atom. The fourth-order valence-corrected chi connectivity index (χ4v) is 3.83. The van der Waals surface area contributed by atoms with E-state index in [1.165, 1.54) is 0 Å². The Kier molecular flexibility index (Phi) is 5.96. The van der Waals surface area contributed by atoms with Gasteiger partial charge in [-0.05, 0) is 30.2 Å². The van der Waals surface area contributed by atoms with Gasteiger partial charge in [-0.2, -0.15) is 0 Å². The molecule has 0 radical (unpaired) electrons. The minimum Gasteiger partial charge on any atom is -0.351 e. The molecule has 2 aromatic carbocycles. The van der Waals surface area contributed by atoms with Crippen molar-refractivity contribution in [2.24, 2.45) is 0 Å². The zero-order valence-corrected chi connectivity index (χ0v) is 15.2. The van der Waals surface area contributed by atoms with E-state index in [1.54, 1.807) is 18.2 Å². The SMILES string of the molecule is Cc1ccc(CNC(=O)CS(=O)(=O)Cc2cccc(Br)c2)cc1. The molecule has 0 aliphatic rings. The van der Waals surface area contributed by atoms with Gasteiger partial charge in [-0.25, -0.2) is 8.42 Å². The molecule has 1 N–H and O–H groups in total. The molecule has 0 bridgehead atoms. The van der Waals surface area contributed by atoms with E-state index >= 15 is 0 Å². The zero-order valence-electron chi connectivity index (χ0n) is 12.8. The van der Waals surface area contributed by atoms with Gasteiger partial charge in [0.25, 0.3) is 0 Å². The Bertz CT molecular complexity index is 786. The summed E-state index contributed by atoms with van der Waals surface area (Å²) in [7, 11) is -3.49. The molecule has 0 fully saturated rings. The Labute approximate surface area is 145 Å². The van der Waals surface area contributed by atoms with E-state index in [0.717, 1.165) is 15.6 Å². The van der Waals surface area contributed by atoms with Gasteiger partial charge >= 0.3 is 0 Å². The highest BCUT2D eigenvalue weighted by molar-refractivity contribution is 9.10. The van der Waals surface area contributed by atoms with Crippen LogP contribution in [0.25, 0.3) is 0 Å². The molecule has 0 unspecified atom stereocenters. The fraction of sp³-hybridized carbons (Fsp3) is 0.235. The van der Waals surface area contributed by atoms with E-state index in [-0.39, 0.29) is 5.75 Å². The second kappa shape index (κ2) is 7.75. The van der Waals surface area contributed by atoms with E-state index in [9.17, 15) is 13.2 Å². The van der Waals surface area contributed by atoms with Crippen LogP contribution in [0, 0.1) is 6.92 Å². The molecule has 23 heavy (non-hydrogen) atoms. The summed E-state index contributed by atoms with van der Waals surface area (Å²) >= 11 is 3.30. The number of halogens is 1. The molecular weight excluding hydrogens is 378 g/mol. The molecular formula is C17H18BrNO3S. The number of carbonyl (C=O) groups excluding carboxylic acids is 1. The molecule has 0 heterocycles. The lowest BCUT2D eigenvalue weighted by atomic mass is 10.1. The molecule has 6 heteroatoms. The van der Waals surface area contributed by atoms with Gasteiger partial charge in [0.15, 0.2) is 9.84 Å². The number of hydrogen-bond donors (Lipinski definition) is 1. The topological polar surface area (TPSA) is 63.2 Å². The summed E-state index contributed by atoms with van der Waals surface area (Å²) in [5.41, 5.74) is 2.73. The Balaban J connectivity index is 1.89. The van der Waals surface area contributed by atoms with Crippen molar-refractivity contribution in [1.82, 2.24) is 5.32 Å². The van der Waals surface area contributed by atoms with Gasteiger partial charge in [-0.3, -0.25) is 4.79 Å². The molecule has 0 aliphatic heterocycles. The Morgan fingerprint density at radius 3 is 2.43 bits per heavy atom. The molecule has 0 spiro atoms. The summed E-state index contributed by atoms with van der Waals surface area (Å²) in [6.45, 7) is 2.31. The molecule has 122 valence electrons. The van der Waals surface area contributed by atoms with E-state index in [4.69, 9.17) is 0 Å². The van der Waals surface area contributed by atoms with Gasteiger partial charge in [0.05, 0.1) is 5.75 Å². The maximum absolute atomic E-state index is 12.1. The number of sulfone groups is 1. The van der Waals surface area contributed by atoms with Crippen LogP contribution in [-0.4, -0.2) is 20.1 Å². The van der Waals surface area contributed by atoms with Gasteiger partial charge in [0.2, 0.25) is 5.91 Å². The van der Waals surface area contributed by atoms with Crippen LogP contribution in [0.4, 0.5) is 0 Å². The van der Waals surface area contributed by atoms with Gasteiger partial charge in [0, 0.05) is 11.0 Å². The van der Waals surface area contributed by atoms with Crippen molar-refractivity contribution in [3.8, 4) is 0 Å². The Hall–Kier alpha value is -1.66. The van der Waals surface area contributed by atoms with Crippen molar-refractivity contribution in [2.45, 2.75) is 19.2 Å². The Morgan fingerprint density at radius 2 is 1.78 bits per heavy atom. The summed E-state index contributed by atoms with van der Waals surface area (Å²) < 4.78 is 25.0. The molecule has 4 nitrogen and oxygen atoms in total. The van der Waals surface area contributed by atoms with Crippen LogP contribution < -0.4 is 5.32 Å². The molecule has 0 aromatic heterocycles. The lowest BCUT2D eigenvalue weighted by molar-refractivity contribution is -0.118. The summed E-state index contributed by atoms with van der Waals surface area (Å²) in [6.07, 6.45) is 0. The van der Waals surface area contributed by atoms with Crippen LogP contribution >= 0.6 is 15.9 Å². The van der Waals surface area contributed by atoms with E-state index in [2.05, 4.69) is 21.2 Å². The van der Waals surface area contributed by atoms with E-state index in [1.807, 2.05) is 37.3 Å². The summed E-state index contributed by atoms with van der Waals surface area (Å²) in [5.74, 6) is -1.14. The zero-order chi connectivity index (χ0) is 16.9. The average Bonchev–Trinajstić information content (AvgIpc) is 2.45. The van der Waals surface area contributed by atoms with E-state index in [0.29, 0.717) is 12.1 Å². The van der Waals surface area contributed by atoms with Gasteiger partial charge in [0.1, 0.15) is 5.75 Å². The molecule has 0 aliphatic carbocycles. The molecule has 2 aromatic rings. The second-order valence-corrected chi connectivity index (χ2v) is 8.40. The first kappa shape index (κ1) is 17.7. The highest BCUT2D eigenvalue weighted by Crippen LogP contribution is 2.14.